The number of aromatic nitrogens is 1. The molecule has 1 fully saturated rings. The van der Waals surface area contributed by atoms with Gasteiger partial charge in [-0.1, -0.05) is 18.2 Å². The maximum Gasteiger partial charge on any atom is 0.335 e. The SMILES string of the molecule is Cc1cc(/C=C2\C(=O)NC(=O)N(c3cccc(F)c3)C2=O)c(C)n1-c1ccc(OCc2ccc(F)cc2)cc1. The lowest BCUT2D eigenvalue weighted by Gasteiger charge is -2.26. The van der Waals surface area contributed by atoms with Gasteiger partial charge in [0.2, 0.25) is 0 Å². The number of imide groups is 2. The van der Waals surface area contributed by atoms with E-state index in [0.29, 0.717) is 17.9 Å². The van der Waals surface area contributed by atoms with E-state index in [-0.39, 0.29) is 17.1 Å². The molecule has 1 N–H and O–H groups in total. The van der Waals surface area contributed by atoms with Gasteiger partial charge >= 0.3 is 6.03 Å². The third-order valence-corrected chi connectivity index (χ3v) is 6.35. The summed E-state index contributed by atoms with van der Waals surface area (Å²) in [6.07, 6.45) is 1.43. The zero-order valence-electron chi connectivity index (χ0n) is 21.1. The highest BCUT2D eigenvalue weighted by molar-refractivity contribution is 6.39. The molecule has 1 saturated heterocycles. The van der Waals surface area contributed by atoms with Crippen LogP contribution in [0.2, 0.25) is 0 Å². The van der Waals surface area contributed by atoms with Gasteiger partial charge in [0.1, 0.15) is 29.6 Å². The van der Waals surface area contributed by atoms with Crippen LogP contribution in [0, 0.1) is 25.5 Å². The van der Waals surface area contributed by atoms with Gasteiger partial charge in [0.05, 0.1) is 5.69 Å². The van der Waals surface area contributed by atoms with Crippen molar-refractivity contribution in [3.8, 4) is 11.4 Å². The molecule has 0 radical (unpaired) electrons. The van der Waals surface area contributed by atoms with Crippen molar-refractivity contribution >= 4 is 29.6 Å². The largest absolute Gasteiger partial charge is 0.489 e. The van der Waals surface area contributed by atoms with Crippen LogP contribution in [0.4, 0.5) is 19.3 Å². The van der Waals surface area contributed by atoms with Crippen LogP contribution in [0.1, 0.15) is 22.5 Å². The number of hydrogen-bond donors (Lipinski definition) is 1. The first-order valence-electron chi connectivity index (χ1n) is 12.0. The molecule has 0 saturated carbocycles. The summed E-state index contributed by atoms with van der Waals surface area (Å²) in [7, 11) is 0. The number of carbonyl (C=O) groups is 3. The number of nitrogens with one attached hydrogen (secondary N) is 1. The maximum atomic E-state index is 13.7. The Morgan fingerprint density at radius 2 is 1.56 bits per heavy atom. The van der Waals surface area contributed by atoms with E-state index in [2.05, 4.69) is 5.32 Å². The van der Waals surface area contributed by atoms with Crippen molar-refractivity contribution in [3.05, 3.63) is 119 Å². The quantitative estimate of drug-likeness (QED) is 0.261. The Hall–Kier alpha value is -5.05. The first-order valence-corrected chi connectivity index (χ1v) is 12.0. The Kier molecular flexibility index (Phi) is 6.81. The highest BCUT2D eigenvalue weighted by Crippen LogP contribution is 2.27. The first kappa shape index (κ1) is 25.6. The topological polar surface area (TPSA) is 80.6 Å². The second-order valence-corrected chi connectivity index (χ2v) is 9.01. The molecule has 0 unspecified atom stereocenters. The molecule has 0 spiro atoms. The summed E-state index contributed by atoms with van der Waals surface area (Å²) in [6, 6.07) is 19.4. The lowest BCUT2D eigenvalue weighted by Crippen LogP contribution is -2.54. The van der Waals surface area contributed by atoms with Crippen LogP contribution in [0.15, 0.2) is 84.4 Å². The Balaban J connectivity index is 1.39. The second-order valence-electron chi connectivity index (χ2n) is 9.01. The molecule has 1 aliphatic rings. The number of carbonyl (C=O) groups excluding carboxylic acids is 3. The minimum absolute atomic E-state index is 0.0168. The molecule has 196 valence electrons. The van der Waals surface area contributed by atoms with Gasteiger partial charge in [-0.15, -0.1) is 0 Å². The summed E-state index contributed by atoms with van der Waals surface area (Å²) in [5.41, 5.74) is 3.66. The summed E-state index contributed by atoms with van der Waals surface area (Å²) >= 11 is 0. The standard InChI is InChI=1S/C30H23F2N3O4/c1-18-14-21(15-27-28(36)33-30(38)35(29(27)37)25-5-3-4-23(32)16-25)19(2)34(18)24-10-12-26(13-11-24)39-17-20-6-8-22(31)9-7-20/h3-16H,17H2,1-2H3,(H,33,36,38)/b27-15+. The number of anilines is 1. The highest BCUT2D eigenvalue weighted by Gasteiger charge is 2.37. The average Bonchev–Trinajstić information content (AvgIpc) is 3.19. The van der Waals surface area contributed by atoms with Crippen molar-refractivity contribution in [2.24, 2.45) is 0 Å². The smallest absolute Gasteiger partial charge is 0.335 e. The van der Waals surface area contributed by atoms with Gasteiger partial charge in [0.15, 0.2) is 0 Å². The number of rotatable bonds is 6. The van der Waals surface area contributed by atoms with Gasteiger partial charge in [-0.05, 0) is 91.7 Å². The van der Waals surface area contributed by atoms with E-state index >= 15 is 0 Å². The molecule has 0 bridgehead atoms. The second kappa shape index (κ2) is 10.4. The van der Waals surface area contributed by atoms with E-state index in [1.54, 1.807) is 12.1 Å². The number of ether oxygens (including phenoxy) is 1. The summed E-state index contributed by atoms with van der Waals surface area (Å²) < 4.78 is 34.6. The Labute approximate surface area is 222 Å². The van der Waals surface area contributed by atoms with Crippen molar-refractivity contribution in [3.63, 3.8) is 0 Å². The predicted octanol–water partition coefficient (Wildman–Crippen LogP) is 5.62. The van der Waals surface area contributed by atoms with Gasteiger partial charge in [0, 0.05) is 17.1 Å². The van der Waals surface area contributed by atoms with Crippen molar-refractivity contribution in [2.75, 3.05) is 4.90 Å². The van der Waals surface area contributed by atoms with Crippen LogP contribution in [-0.2, 0) is 16.2 Å². The zero-order valence-corrected chi connectivity index (χ0v) is 21.1. The summed E-state index contributed by atoms with van der Waals surface area (Å²) in [5, 5.41) is 2.15. The van der Waals surface area contributed by atoms with Gasteiger partial charge in [0.25, 0.3) is 11.8 Å². The molecule has 1 aliphatic heterocycles. The molecule has 9 heteroatoms. The number of aryl methyl sites for hydroxylation is 1. The summed E-state index contributed by atoms with van der Waals surface area (Å²) in [6.45, 7) is 4.03. The number of benzene rings is 3. The molecule has 4 amide bonds. The maximum absolute atomic E-state index is 13.7. The van der Waals surface area contributed by atoms with Crippen molar-refractivity contribution < 1.29 is 27.9 Å². The Bertz CT molecular complexity index is 1620. The van der Waals surface area contributed by atoms with E-state index in [1.807, 2.05) is 48.7 Å². The average molecular weight is 528 g/mol. The van der Waals surface area contributed by atoms with E-state index in [9.17, 15) is 23.2 Å². The molecule has 1 aromatic heterocycles. The molecule has 2 heterocycles. The third kappa shape index (κ3) is 5.19. The van der Waals surface area contributed by atoms with Crippen LogP contribution in [0.3, 0.4) is 0 Å². The predicted molar refractivity (Wildman–Crippen MR) is 141 cm³/mol. The summed E-state index contributed by atoms with van der Waals surface area (Å²) in [5.74, 6) is -1.96. The fourth-order valence-corrected chi connectivity index (χ4v) is 4.43. The van der Waals surface area contributed by atoms with Gasteiger partial charge in [-0.3, -0.25) is 14.9 Å². The Morgan fingerprint density at radius 3 is 2.26 bits per heavy atom. The fourth-order valence-electron chi connectivity index (χ4n) is 4.43. The van der Waals surface area contributed by atoms with Crippen LogP contribution < -0.4 is 15.0 Å². The highest BCUT2D eigenvalue weighted by atomic mass is 19.1. The van der Waals surface area contributed by atoms with Crippen molar-refractivity contribution in [1.82, 2.24) is 9.88 Å². The molecule has 39 heavy (non-hydrogen) atoms. The lowest BCUT2D eigenvalue weighted by atomic mass is 10.1. The normalized spacial score (nSPS) is 14.6. The molecular formula is C30H23F2N3O4. The van der Waals surface area contributed by atoms with E-state index < -0.39 is 23.7 Å². The molecule has 0 atom stereocenters. The molecule has 7 nitrogen and oxygen atoms in total. The number of halogens is 2. The minimum Gasteiger partial charge on any atom is -0.489 e. The van der Waals surface area contributed by atoms with E-state index in [4.69, 9.17) is 4.74 Å². The number of urea groups is 1. The molecular weight excluding hydrogens is 504 g/mol. The Morgan fingerprint density at radius 1 is 0.846 bits per heavy atom. The van der Waals surface area contributed by atoms with E-state index in [1.165, 1.54) is 36.4 Å². The van der Waals surface area contributed by atoms with Crippen LogP contribution in [-0.4, -0.2) is 22.4 Å². The van der Waals surface area contributed by atoms with Crippen LogP contribution in [0.5, 0.6) is 5.75 Å². The van der Waals surface area contributed by atoms with Crippen molar-refractivity contribution in [2.45, 2.75) is 20.5 Å². The fraction of sp³-hybridized carbons (Fsp3) is 0.100. The molecule has 3 aromatic carbocycles. The number of hydrogen-bond acceptors (Lipinski definition) is 4. The number of nitrogens with zero attached hydrogens (tertiary/aromatic N) is 2. The minimum atomic E-state index is -0.944. The zero-order chi connectivity index (χ0) is 27.7. The van der Waals surface area contributed by atoms with Gasteiger partial charge in [-0.2, -0.15) is 0 Å². The lowest BCUT2D eigenvalue weighted by molar-refractivity contribution is -0.122. The first-order chi connectivity index (χ1) is 18.7. The summed E-state index contributed by atoms with van der Waals surface area (Å²) in [4.78, 5) is 38.9. The van der Waals surface area contributed by atoms with Crippen LogP contribution in [0.25, 0.3) is 11.8 Å². The monoisotopic (exact) mass is 527 g/mol. The molecule has 0 aliphatic carbocycles. The third-order valence-electron chi connectivity index (χ3n) is 6.35. The number of amides is 4. The van der Waals surface area contributed by atoms with Crippen LogP contribution >= 0.6 is 0 Å². The number of barbiturate groups is 1. The van der Waals surface area contributed by atoms with Gasteiger partial charge < -0.3 is 9.30 Å². The van der Waals surface area contributed by atoms with Crippen molar-refractivity contribution in [1.29, 1.82) is 0 Å². The van der Waals surface area contributed by atoms with E-state index in [0.717, 1.165) is 33.6 Å². The molecule has 5 rings (SSSR count). The van der Waals surface area contributed by atoms with Gasteiger partial charge in [-0.25, -0.2) is 18.5 Å². The molecule has 4 aromatic rings.